The predicted octanol–water partition coefficient (Wildman–Crippen LogP) is 3.99. The van der Waals surface area contributed by atoms with E-state index < -0.39 is 46.0 Å². The van der Waals surface area contributed by atoms with Gasteiger partial charge in [-0.25, -0.2) is 26.3 Å². The molecular weight excluding hydrogens is 258 g/mol. The predicted molar refractivity (Wildman–Crippen MR) is 50.5 cm³/mol. The molecule has 2 aromatic rings. The molecule has 2 rings (SSSR count). The molecule has 0 aliphatic carbocycles. The summed E-state index contributed by atoms with van der Waals surface area (Å²) < 4.78 is 78.6. The normalized spacial score (nSPS) is 10.8. The molecule has 0 saturated heterocycles. The third-order valence-corrected chi connectivity index (χ3v) is 2.28. The van der Waals surface area contributed by atoms with Crippen LogP contribution in [0.15, 0.2) is 18.2 Å². The van der Waals surface area contributed by atoms with Gasteiger partial charge in [0.25, 0.3) is 0 Å². The Morgan fingerprint density at radius 2 is 1.22 bits per heavy atom. The van der Waals surface area contributed by atoms with Crippen LogP contribution in [0, 0.1) is 41.0 Å². The van der Waals surface area contributed by atoms with Gasteiger partial charge in [0.1, 0.15) is 5.82 Å². The van der Waals surface area contributed by atoms with Gasteiger partial charge >= 0.3 is 0 Å². The lowest BCUT2D eigenvalue weighted by atomic mass is 10.0. The topological polar surface area (TPSA) is 0 Å². The van der Waals surface area contributed by atoms with Crippen molar-refractivity contribution in [2.75, 3.05) is 0 Å². The largest absolute Gasteiger partial charge is 0.206 e. The van der Waals surface area contributed by atoms with Crippen LogP contribution in [0.4, 0.5) is 26.3 Å². The molecule has 0 unspecified atom stereocenters. The molecule has 0 N–H and O–H groups in total. The minimum Gasteiger partial charge on any atom is -0.206 e. The first-order valence-corrected chi connectivity index (χ1v) is 4.63. The summed E-state index contributed by atoms with van der Waals surface area (Å²) in [4.78, 5) is 0. The van der Waals surface area contributed by atoms with Gasteiger partial charge in [0, 0.05) is 11.6 Å². The molecular formula is C12H3F6. The lowest BCUT2D eigenvalue weighted by Crippen LogP contribution is -2.04. The Bertz CT molecular complexity index is 591. The molecule has 0 aliphatic rings. The van der Waals surface area contributed by atoms with E-state index in [-0.39, 0.29) is 0 Å². The molecule has 0 heterocycles. The number of hydrogen-bond acceptors (Lipinski definition) is 0. The summed E-state index contributed by atoms with van der Waals surface area (Å²) in [5.74, 6) is -11.9. The minimum absolute atomic E-state index is 0.745. The molecule has 0 fully saturated rings. The second-order valence-corrected chi connectivity index (χ2v) is 3.34. The molecule has 93 valence electrons. The molecule has 6 heteroatoms. The zero-order chi connectivity index (χ0) is 13.4. The second kappa shape index (κ2) is 4.36. The van der Waals surface area contributed by atoms with E-state index in [1.807, 2.05) is 6.07 Å². The molecule has 0 nitrogen and oxygen atoms in total. The standard InChI is InChI=1S/C12H3F6/c13-6-4-2-1-3-5(6)7-8(14)10(16)12(18)11(17)9(7)15/h1-3H. The van der Waals surface area contributed by atoms with Crippen LogP contribution in [0.1, 0.15) is 0 Å². The van der Waals surface area contributed by atoms with E-state index in [1.54, 1.807) is 0 Å². The zero-order valence-corrected chi connectivity index (χ0v) is 8.50. The van der Waals surface area contributed by atoms with Crippen LogP contribution in [0.2, 0.25) is 0 Å². The summed E-state index contributed by atoms with van der Waals surface area (Å²) in [5.41, 5.74) is -2.05. The summed E-state index contributed by atoms with van der Waals surface area (Å²) >= 11 is 0. The van der Waals surface area contributed by atoms with Gasteiger partial charge in [-0.15, -0.1) is 0 Å². The summed E-state index contributed by atoms with van der Waals surface area (Å²) in [6, 6.07) is 5.13. The van der Waals surface area contributed by atoms with Gasteiger partial charge in [-0.3, -0.25) is 0 Å². The van der Waals surface area contributed by atoms with Gasteiger partial charge in [-0.1, -0.05) is 18.2 Å². The summed E-state index contributed by atoms with van der Waals surface area (Å²) in [5, 5.41) is 0. The molecule has 0 spiro atoms. The highest BCUT2D eigenvalue weighted by Crippen LogP contribution is 2.32. The van der Waals surface area contributed by atoms with Gasteiger partial charge < -0.3 is 0 Å². The van der Waals surface area contributed by atoms with Crippen molar-refractivity contribution < 1.29 is 26.3 Å². The SMILES string of the molecule is Fc1[c]cccc1-c1c(F)c(F)c(F)c(F)c1F. The van der Waals surface area contributed by atoms with Crippen molar-refractivity contribution in [3.8, 4) is 11.1 Å². The van der Waals surface area contributed by atoms with Crippen molar-refractivity contribution in [2.45, 2.75) is 0 Å². The van der Waals surface area contributed by atoms with Gasteiger partial charge in [0.05, 0.1) is 5.56 Å². The van der Waals surface area contributed by atoms with Crippen LogP contribution < -0.4 is 0 Å². The Hall–Kier alpha value is -1.98. The average molecular weight is 261 g/mol. The Morgan fingerprint density at radius 3 is 1.72 bits per heavy atom. The molecule has 0 amide bonds. The molecule has 1 radical (unpaired) electrons. The quantitative estimate of drug-likeness (QED) is 0.413. The molecule has 0 saturated carbocycles. The number of hydrogen-bond donors (Lipinski definition) is 0. The number of rotatable bonds is 1. The molecule has 0 aliphatic heterocycles. The van der Waals surface area contributed by atoms with E-state index in [4.69, 9.17) is 0 Å². The minimum atomic E-state index is -2.28. The highest BCUT2D eigenvalue weighted by molar-refractivity contribution is 5.65. The van der Waals surface area contributed by atoms with Crippen LogP contribution in [0.3, 0.4) is 0 Å². The first kappa shape index (κ1) is 12.5. The molecule has 2 aromatic carbocycles. The van der Waals surface area contributed by atoms with Crippen LogP contribution in [-0.2, 0) is 0 Å². The van der Waals surface area contributed by atoms with E-state index in [9.17, 15) is 26.3 Å². The van der Waals surface area contributed by atoms with Crippen LogP contribution in [0.5, 0.6) is 0 Å². The van der Waals surface area contributed by atoms with Gasteiger partial charge in [0.15, 0.2) is 23.3 Å². The Balaban J connectivity index is 2.85. The van der Waals surface area contributed by atoms with Crippen molar-refractivity contribution in [1.29, 1.82) is 0 Å². The summed E-state index contributed by atoms with van der Waals surface area (Å²) in [6.45, 7) is 0. The lowest BCUT2D eigenvalue weighted by molar-refractivity contribution is 0.381. The monoisotopic (exact) mass is 261 g/mol. The fraction of sp³-hybridized carbons (Fsp3) is 0. The van der Waals surface area contributed by atoms with Crippen molar-refractivity contribution in [3.05, 3.63) is 59.2 Å². The maximum absolute atomic E-state index is 13.4. The summed E-state index contributed by atoms with van der Waals surface area (Å²) in [7, 11) is 0. The van der Waals surface area contributed by atoms with E-state index >= 15 is 0 Å². The maximum atomic E-state index is 13.4. The van der Waals surface area contributed by atoms with Crippen molar-refractivity contribution in [1.82, 2.24) is 0 Å². The van der Waals surface area contributed by atoms with Crippen LogP contribution >= 0.6 is 0 Å². The summed E-state index contributed by atoms with van der Waals surface area (Å²) in [6.07, 6.45) is 0. The Labute approximate surface area is 97.5 Å². The third-order valence-electron chi connectivity index (χ3n) is 2.28. The molecule has 0 atom stereocenters. The fourth-order valence-corrected chi connectivity index (χ4v) is 1.45. The second-order valence-electron chi connectivity index (χ2n) is 3.34. The van der Waals surface area contributed by atoms with E-state index in [2.05, 4.69) is 0 Å². The first-order valence-electron chi connectivity index (χ1n) is 4.63. The molecule has 0 bridgehead atoms. The third kappa shape index (κ3) is 1.73. The van der Waals surface area contributed by atoms with Crippen molar-refractivity contribution in [2.24, 2.45) is 0 Å². The maximum Gasteiger partial charge on any atom is 0.200 e. The van der Waals surface area contributed by atoms with Crippen LogP contribution in [-0.4, -0.2) is 0 Å². The Kier molecular flexibility index (Phi) is 3.02. The van der Waals surface area contributed by atoms with Crippen molar-refractivity contribution >= 4 is 0 Å². The highest BCUT2D eigenvalue weighted by Gasteiger charge is 2.27. The molecule has 0 aromatic heterocycles. The number of halogens is 6. The lowest BCUT2D eigenvalue weighted by Gasteiger charge is -2.08. The smallest absolute Gasteiger partial charge is 0.200 e. The zero-order valence-electron chi connectivity index (χ0n) is 8.50. The van der Waals surface area contributed by atoms with Gasteiger partial charge in [-0.2, -0.15) is 0 Å². The average Bonchev–Trinajstić information content (AvgIpc) is 2.36. The number of benzene rings is 2. The van der Waals surface area contributed by atoms with E-state index in [0.29, 0.717) is 0 Å². The van der Waals surface area contributed by atoms with Gasteiger partial charge in [-0.05, 0) is 0 Å². The first-order chi connectivity index (χ1) is 8.45. The van der Waals surface area contributed by atoms with E-state index in [0.717, 1.165) is 18.2 Å². The molecule has 18 heavy (non-hydrogen) atoms. The fourth-order valence-electron chi connectivity index (χ4n) is 1.45. The van der Waals surface area contributed by atoms with Gasteiger partial charge in [0.2, 0.25) is 5.82 Å². The highest BCUT2D eigenvalue weighted by atomic mass is 19.2. The Morgan fingerprint density at radius 1 is 0.722 bits per heavy atom. The van der Waals surface area contributed by atoms with Crippen LogP contribution in [0.25, 0.3) is 11.1 Å². The van der Waals surface area contributed by atoms with Crippen molar-refractivity contribution in [3.63, 3.8) is 0 Å². The van der Waals surface area contributed by atoms with E-state index in [1.165, 1.54) is 0 Å².